The Morgan fingerprint density at radius 1 is 1.45 bits per heavy atom. The van der Waals surface area contributed by atoms with Crippen molar-refractivity contribution in [1.29, 1.82) is 0 Å². The van der Waals surface area contributed by atoms with Gasteiger partial charge in [-0.1, -0.05) is 0 Å². The summed E-state index contributed by atoms with van der Waals surface area (Å²) >= 11 is 1.82. The molecule has 3 N–H and O–H groups in total. The van der Waals surface area contributed by atoms with E-state index in [1.165, 1.54) is 23.3 Å². The van der Waals surface area contributed by atoms with E-state index in [4.69, 9.17) is 5.73 Å². The van der Waals surface area contributed by atoms with Crippen LogP contribution in [0.2, 0.25) is 0 Å². The summed E-state index contributed by atoms with van der Waals surface area (Å²) in [4.78, 5) is 26.3. The van der Waals surface area contributed by atoms with Gasteiger partial charge in [-0.3, -0.25) is 14.5 Å². The van der Waals surface area contributed by atoms with Crippen molar-refractivity contribution in [2.75, 3.05) is 19.6 Å². The lowest BCUT2D eigenvalue weighted by Crippen LogP contribution is -2.44. The summed E-state index contributed by atoms with van der Waals surface area (Å²) in [5, 5.41) is 4.72. The van der Waals surface area contributed by atoms with Crippen LogP contribution < -0.4 is 11.1 Å². The van der Waals surface area contributed by atoms with Crippen LogP contribution in [0.25, 0.3) is 0 Å². The Morgan fingerprint density at radius 2 is 2.25 bits per heavy atom. The summed E-state index contributed by atoms with van der Waals surface area (Å²) in [6, 6.07) is 2.58. The maximum atomic E-state index is 11.9. The Labute approximate surface area is 122 Å². The van der Waals surface area contributed by atoms with Gasteiger partial charge >= 0.3 is 0 Å². The Hall–Kier alpha value is -1.40. The van der Waals surface area contributed by atoms with Gasteiger partial charge in [0, 0.05) is 17.5 Å². The molecule has 0 bridgehead atoms. The molecule has 2 amide bonds. The van der Waals surface area contributed by atoms with Gasteiger partial charge in [-0.25, -0.2) is 0 Å². The smallest absolute Gasteiger partial charge is 0.236 e. The van der Waals surface area contributed by atoms with Crippen LogP contribution in [0.15, 0.2) is 11.4 Å². The van der Waals surface area contributed by atoms with Crippen LogP contribution in [0.3, 0.4) is 0 Å². The van der Waals surface area contributed by atoms with Crippen LogP contribution in [-0.4, -0.2) is 36.3 Å². The molecule has 1 aromatic heterocycles. The number of rotatable bonds is 5. The SMILES string of the molecule is NC(=O)CNC(=O)CN1CCc2sccc2[C@H]1C1CC1. The van der Waals surface area contributed by atoms with Gasteiger partial charge in [-0.15, -0.1) is 11.3 Å². The third kappa shape index (κ3) is 2.86. The first-order valence-corrected chi connectivity index (χ1v) is 7.88. The highest BCUT2D eigenvalue weighted by Crippen LogP contribution is 2.48. The molecule has 3 rings (SSSR count). The third-order valence-corrected chi connectivity index (χ3v) is 4.99. The molecule has 6 heteroatoms. The van der Waals surface area contributed by atoms with Gasteiger partial charge < -0.3 is 11.1 Å². The number of primary amides is 1. The van der Waals surface area contributed by atoms with Crippen LogP contribution in [0.1, 0.15) is 29.3 Å². The molecule has 1 atom stereocenters. The predicted octanol–water partition coefficient (Wildman–Crippen LogP) is 0.659. The second kappa shape index (κ2) is 5.54. The van der Waals surface area contributed by atoms with E-state index in [2.05, 4.69) is 21.7 Å². The molecule has 1 aromatic rings. The van der Waals surface area contributed by atoms with Gasteiger partial charge in [0.1, 0.15) is 0 Å². The molecule has 2 aliphatic rings. The minimum Gasteiger partial charge on any atom is -0.368 e. The zero-order valence-electron chi connectivity index (χ0n) is 11.3. The zero-order valence-corrected chi connectivity index (χ0v) is 12.1. The minimum absolute atomic E-state index is 0.0789. The van der Waals surface area contributed by atoms with Crippen LogP contribution in [-0.2, 0) is 16.0 Å². The molecular weight excluding hydrogens is 274 g/mol. The molecule has 0 spiro atoms. The number of hydrogen-bond donors (Lipinski definition) is 2. The van der Waals surface area contributed by atoms with E-state index < -0.39 is 5.91 Å². The average molecular weight is 293 g/mol. The highest BCUT2D eigenvalue weighted by molar-refractivity contribution is 7.10. The summed E-state index contributed by atoms with van der Waals surface area (Å²) in [7, 11) is 0. The second-order valence-corrected chi connectivity index (χ2v) is 6.55. The normalized spacial score (nSPS) is 22.3. The monoisotopic (exact) mass is 293 g/mol. The first kappa shape index (κ1) is 13.6. The van der Waals surface area contributed by atoms with E-state index in [1.807, 2.05) is 11.3 Å². The van der Waals surface area contributed by atoms with Crippen LogP contribution in [0, 0.1) is 5.92 Å². The minimum atomic E-state index is -0.504. The fourth-order valence-corrected chi connectivity index (χ4v) is 3.88. The summed E-state index contributed by atoms with van der Waals surface area (Å²) in [5.41, 5.74) is 6.45. The first-order valence-electron chi connectivity index (χ1n) is 7.00. The summed E-state index contributed by atoms with van der Waals surface area (Å²) in [5.74, 6) is 0.0663. The fourth-order valence-electron chi connectivity index (χ4n) is 2.97. The summed E-state index contributed by atoms with van der Waals surface area (Å²) in [6.07, 6.45) is 3.51. The molecule has 108 valence electrons. The number of hydrogen-bond acceptors (Lipinski definition) is 4. The standard InChI is InChI=1S/C14H19N3O2S/c15-12(18)7-16-13(19)8-17-5-3-11-10(4-6-20-11)14(17)9-1-2-9/h4,6,9,14H,1-3,5,7-8H2,(H2,15,18)(H,16,19)/t14-/m1/s1. The van der Waals surface area contributed by atoms with Crippen LogP contribution in [0.4, 0.5) is 0 Å². The lowest BCUT2D eigenvalue weighted by molar-refractivity contribution is -0.126. The fraction of sp³-hybridized carbons (Fsp3) is 0.571. The Morgan fingerprint density at radius 3 is 2.95 bits per heavy atom. The highest BCUT2D eigenvalue weighted by atomic mass is 32.1. The molecule has 2 heterocycles. The number of thiophene rings is 1. The lowest BCUT2D eigenvalue weighted by atomic mass is 9.96. The van der Waals surface area contributed by atoms with E-state index in [0.29, 0.717) is 18.5 Å². The molecule has 20 heavy (non-hydrogen) atoms. The molecule has 5 nitrogen and oxygen atoms in total. The Kier molecular flexibility index (Phi) is 3.76. The molecule has 0 saturated heterocycles. The number of carbonyl (C=O) groups is 2. The van der Waals surface area contributed by atoms with Crippen molar-refractivity contribution >= 4 is 23.2 Å². The van der Waals surface area contributed by atoms with Crippen molar-refractivity contribution in [3.63, 3.8) is 0 Å². The molecular formula is C14H19N3O2S. The molecule has 0 aromatic carbocycles. The molecule has 0 radical (unpaired) electrons. The number of carbonyl (C=O) groups excluding carboxylic acids is 2. The quantitative estimate of drug-likeness (QED) is 0.837. The van der Waals surface area contributed by atoms with Gasteiger partial charge in [-0.2, -0.15) is 0 Å². The van der Waals surface area contributed by atoms with Crippen LogP contribution >= 0.6 is 11.3 Å². The molecule has 0 unspecified atom stereocenters. The first-order chi connectivity index (χ1) is 9.65. The maximum Gasteiger partial charge on any atom is 0.236 e. The van der Waals surface area contributed by atoms with E-state index in [1.54, 1.807) is 0 Å². The topological polar surface area (TPSA) is 75.4 Å². The predicted molar refractivity (Wildman–Crippen MR) is 77.3 cm³/mol. The molecule has 1 aliphatic carbocycles. The Balaban J connectivity index is 1.67. The van der Waals surface area contributed by atoms with Gasteiger partial charge in [0.15, 0.2) is 0 Å². The molecule has 1 saturated carbocycles. The van der Waals surface area contributed by atoms with Crippen molar-refractivity contribution in [1.82, 2.24) is 10.2 Å². The van der Waals surface area contributed by atoms with Gasteiger partial charge in [-0.05, 0) is 42.2 Å². The molecule has 1 aliphatic heterocycles. The zero-order chi connectivity index (χ0) is 14.1. The van der Waals surface area contributed by atoms with E-state index >= 15 is 0 Å². The van der Waals surface area contributed by atoms with Crippen molar-refractivity contribution in [2.45, 2.75) is 25.3 Å². The van der Waals surface area contributed by atoms with Gasteiger partial charge in [0.2, 0.25) is 11.8 Å². The van der Waals surface area contributed by atoms with Crippen molar-refractivity contribution < 1.29 is 9.59 Å². The highest BCUT2D eigenvalue weighted by Gasteiger charge is 2.40. The van der Waals surface area contributed by atoms with Crippen molar-refractivity contribution in [3.05, 3.63) is 21.9 Å². The largest absolute Gasteiger partial charge is 0.368 e. The second-order valence-electron chi connectivity index (χ2n) is 5.54. The maximum absolute atomic E-state index is 11.9. The van der Waals surface area contributed by atoms with E-state index in [0.717, 1.165) is 13.0 Å². The number of nitrogens with two attached hydrogens (primary N) is 1. The number of nitrogens with zero attached hydrogens (tertiary/aromatic N) is 1. The summed E-state index contributed by atoms with van der Waals surface area (Å²) in [6.45, 7) is 1.19. The number of amides is 2. The average Bonchev–Trinajstić information content (AvgIpc) is 3.13. The third-order valence-electron chi connectivity index (χ3n) is 3.99. The van der Waals surface area contributed by atoms with Gasteiger partial charge in [0.05, 0.1) is 13.1 Å². The lowest BCUT2D eigenvalue weighted by Gasteiger charge is -2.35. The van der Waals surface area contributed by atoms with Crippen LogP contribution in [0.5, 0.6) is 0 Å². The number of nitrogens with one attached hydrogen (secondary N) is 1. The number of fused-ring (bicyclic) bond motifs is 1. The Bertz CT molecular complexity index is 524. The van der Waals surface area contributed by atoms with Crippen molar-refractivity contribution in [3.8, 4) is 0 Å². The van der Waals surface area contributed by atoms with Gasteiger partial charge in [0.25, 0.3) is 0 Å². The molecule has 1 fully saturated rings. The van der Waals surface area contributed by atoms with E-state index in [9.17, 15) is 9.59 Å². The van der Waals surface area contributed by atoms with Crippen molar-refractivity contribution in [2.24, 2.45) is 11.7 Å². The summed E-state index contributed by atoms with van der Waals surface area (Å²) < 4.78 is 0. The van der Waals surface area contributed by atoms with E-state index in [-0.39, 0.29) is 12.5 Å².